The molecule has 238 valence electrons. The molecule has 5 rings (SSSR count). The second kappa shape index (κ2) is 14.8. The lowest BCUT2D eigenvalue weighted by Gasteiger charge is -2.39. The highest BCUT2D eigenvalue weighted by atomic mass is 32.1. The molecule has 0 radical (unpaired) electrons. The molecule has 0 bridgehead atoms. The van der Waals surface area contributed by atoms with Gasteiger partial charge in [-0.15, -0.1) is 11.3 Å². The van der Waals surface area contributed by atoms with E-state index >= 15 is 0 Å². The molecule has 1 spiro atoms. The van der Waals surface area contributed by atoms with Crippen LogP contribution in [0, 0.1) is 5.92 Å². The molecular formula is C35H43N5O4S. The monoisotopic (exact) mass is 629 g/mol. The molecule has 1 aliphatic carbocycles. The van der Waals surface area contributed by atoms with Crippen molar-refractivity contribution in [1.82, 2.24) is 25.4 Å². The maximum Gasteiger partial charge on any atom is 0.273 e. The number of carbonyl (C=O) groups excluding carboxylic acids is 4. The third-order valence-corrected chi connectivity index (χ3v) is 9.47. The van der Waals surface area contributed by atoms with Crippen LogP contribution in [0.5, 0.6) is 0 Å². The minimum absolute atomic E-state index is 0.117. The Bertz CT molecular complexity index is 1510. The van der Waals surface area contributed by atoms with Gasteiger partial charge >= 0.3 is 0 Å². The second-order valence-corrected chi connectivity index (χ2v) is 13.3. The standard InChI is InChI=1S/C35H43N5O4S/c1-25(2)16-20-40-23-30(41)38-35(17-8-13-27-12-6-7-14-28(27)35)34(44)36-18-21-39(19-9-15-32(40)42)33(43)29-24-45-31(37-29)22-26-10-4-3-5-11-26/h3-7,10-12,14,24-25H,8-9,13,15-23H2,1-2H3,(H,36,44)(H,38,41). The Kier molecular flexibility index (Phi) is 10.7. The molecule has 45 heavy (non-hydrogen) atoms. The Hall–Kier alpha value is -4.05. The van der Waals surface area contributed by atoms with Gasteiger partial charge in [0.05, 0.1) is 11.6 Å². The van der Waals surface area contributed by atoms with Crippen molar-refractivity contribution in [2.24, 2.45) is 5.92 Å². The Morgan fingerprint density at radius 1 is 1.00 bits per heavy atom. The maximum absolute atomic E-state index is 14.0. The lowest BCUT2D eigenvalue weighted by atomic mass is 9.75. The van der Waals surface area contributed by atoms with E-state index in [1.54, 1.807) is 15.2 Å². The van der Waals surface area contributed by atoms with Crippen molar-refractivity contribution in [2.75, 3.05) is 32.7 Å². The number of aryl methyl sites for hydroxylation is 1. The van der Waals surface area contributed by atoms with Crippen molar-refractivity contribution >= 4 is 35.0 Å². The zero-order chi connectivity index (χ0) is 31.8. The first kappa shape index (κ1) is 32.3. The summed E-state index contributed by atoms with van der Waals surface area (Å²) in [4.78, 5) is 62.7. The van der Waals surface area contributed by atoms with E-state index in [2.05, 4.69) is 29.5 Å². The topological polar surface area (TPSA) is 112 Å². The van der Waals surface area contributed by atoms with E-state index in [0.29, 0.717) is 44.0 Å². The minimum atomic E-state index is -1.25. The van der Waals surface area contributed by atoms with E-state index in [-0.39, 0.29) is 49.7 Å². The van der Waals surface area contributed by atoms with Crippen LogP contribution in [-0.4, -0.2) is 71.1 Å². The Morgan fingerprint density at radius 2 is 1.78 bits per heavy atom. The summed E-state index contributed by atoms with van der Waals surface area (Å²) in [7, 11) is 0. The number of fused-ring (bicyclic) bond motifs is 2. The number of aromatic nitrogens is 1. The summed E-state index contributed by atoms with van der Waals surface area (Å²) in [5, 5.41) is 8.76. The molecule has 2 N–H and O–H groups in total. The first-order valence-corrected chi connectivity index (χ1v) is 16.9. The number of hydrogen-bond acceptors (Lipinski definition) is 6. The van der Waals surface area contributed by atoms with Crippen LogP contribution < -0.4 is 10.6 Å². The molecule has 2 aromatic carbocycles. The van der Waals surface area contributed by atoms with Gasteiger partial charge in [0.2, 0.25) is 11.8 Å². The third-order valence-electron chi connectivity index (χ3n) is 8.62. The molecule has 1 aliphatic heterocycles. The van der Waals surface area contributed by atoms with Gasteiger partial charge in [-0.05, 0) is 54.7 Å². The van der Waals surface area contributed by atoms with Crippen molar-refractivity contribution in [3.05, 3.63) is 87.4 Å². The minimum Gasteiger partial charge on any atom is -0.352 e. The van der Waals surface area contributed by atoms with Gasteiger partial charge in [0.25, 0.3) is 11.8 Å². The predicted octanol–water partition coefficient (Wildman–Crippen LogP) is 4.31. The van der Waals surface area contributed by atoms with Crippen molar-refractivity contribution < 1.29 is 19.2 Å². The molecule has 10 heteroatoms. The van der Waals surface area contributed by atoms with Crippen LogP contribution in [0.15, 0.2) is 60.0 Å². The highest BCUT2D eigenvalue weighted by molar-refractivity contribution is 7.09. The number of amides is 4. The SMILES string of the molecule is CC(C)CCN1CC(=O)NC2(CCCc3ccccc32)C(=O)NCCN(C(=O)c2csc(Cc3ccccc3)n2)CCCC1=O. The lowest BCUT2D eigenvalue weighted by Crippen LogP contribution is -2.60. The van der Waals surface area contributed by atoms with E-state index in [1.807, 2.05) is 54.6 Å². The van der Waals surface area contributed by atoms with Gasteiger partial charge in [-0.2, -0.15) is 0 Å². The highest BCUT2D eigenvalue weighted by Gasteiger charge is 2.44. The van der Waals surface area contributed by atoms with E-state index in [0.717, 1.165) is 41.0 Å². The molecule has 0 saturated carbocycles. The van der Waals surface area contributed by atoms with Gasteiger partial charge < -0.3 is 20.4 Å². The summed E-state index contributed by atoms with van der Waals surface area (Å²) in [5.74, 6) is -0.637. The molecule has 9 nitrogen and oxygen atoms in total. The number of nitrogens with one attached hydrogen (secondary N) is 2. The number of hydrogen-bond donors (Lipinski definition) is 2. The third kappa shape index (κ3) is 7.97. The molecule has 1 atom stereocenters. The summed E-state index contributed by atoms with van der Waals surface area (Å²) in [5.41, 5.74) is 2.06. The van der Waals surface area contributed by atoms with Crippen LogP contribution in [0.3, 0.4) is 0 Å². The van der Waals surface area contributed by atoms with E-state index in [4.69, 9.17) is 0 Å². The molecular weight excluding hydrogens is 586 g/mol. The Labute approximate surface area is 269 Å². The number of thiazole rings is 1. The molecule has 1 unspecified atom stereocenters. The first-order chi connectivity index (χ1) is 21.7. The first-order valence-electron chi connectivity index (χ1n) is 16.0. The lowest BCUT2D eigenvalue weighted by molar-refractivity contribution is -0.139. The molecule has 1 fully saturated rings. The molecule has 1 saturated heterocycles. The van der Waals surface area contributed by atoms with Crippen molar-refractivity contribution in [3.8, 4) is 0 Å². The van der Waals surface area contributed by atoms with Gasteiger partial charge in [0, 0.05) is 44.4 Å². The number of rotatable bonds is 6. The van der Waals surface area contributed by atoms with Crippen LogP contribution in [0.25, 0.3) is 0 Å². The van der Waals surface area contributed by atoms with Crippen molar-refractivity contribution in [1.29, 1.82) is 0 Å². The smallest absolute Gasteiger partial charge is 0.273 e. The van der Waals surface area contributed by atoms with Crippen LogP contribution in [0.4, 0.5) is 0 Å². The highest BCUT2D eigenvalue weighted by Crippen LogP contribution is 2.36. The van der Waals surface area contributed by atoms with Gasteiger partial charge in [0.1, 0.15) is 11.2 Å². The Balaban J connectivity index is 1.39. The number of benzene rings is 2. The normalized spacial score (nSPS) is 20.0. The van der Waals surface area contributed by atoms with E-state index < -0.39 is 5.54 Å². The average Bonchev–Trinajstić information content (AvgIpc) is 3.50. The summed E-state index contributed by atoms with van der Waals surface area (Å²) in [6, 6.07) is 17.7. The van der Waals surface area contributed by atoms with Gasteiger partial charge in [-0.3, -0.25) is 19.2 Å². The van der Waals surface area contributed by atoms with Gasteiger partial charge in [-0.1, -0.05) is 68.4 Å². The maximum atomic E-state index is 14.0. The van der Waals surface area contributed by atoms with E-state index in [1.165, 1.54) is 11.3 Å². The predicted molar refractivity (Wildman–Crippen MR) is 175 cm³/mol. The number of carbonyl (C=O) groups is 4. The van der Waals surface area contributed by atoms with Gasteiger partial charge in [0.15, 0.2) is 0 Å². The van der Waals surface area contributed by atoms with Crippen LogP contribution in [0.1, 0.15) is 78.1 Å². The fourth-order valence-corrected chi connectivity index (χ4v) is 6.99. The summed E-state index contributed by atoms with van der Waals surface area (Å²) >= 11 is 1.45. The zero-order valence-electron chi connectivity index (χ0n) is 26.2. The fraction of sp³-hybridized carbons (Fsp3) is 0.457. The molecule has 4 amide bonds. The second-order valence-electron chi connectivity index (χ2n) is 12.4. The van der Waals surface area contributed by atoms with Crippen molar-refractivity contribution in [3.63, 3.8) is 0 Å². The van der Waals surface area contributed by atoms with Crippen LogP contribution in [0.2, 0.25) is 0 Å². The average molecular weight is 630 g/mol. The van der Waals surface area contributed by atoms with Crippen molar-refractivity contribution in [2.45, 2.75) is 64.3 Å². The molecule has 1 aromatic heterocycles. The summed E-state index contributed by atoms with van der Waals surface area (Å²) < 4.78 is 0. The van der Waals surface area contributed by atoms with Crippen LogP contribution in [-0.2, 0) is 32.8 Å². The van der Waals surface area contributed by atoms with Gasteiger partial charge in [-0.25, -0.2) is 4.98 Å². The quantitative estimate of drug-likeness (QED) is 0.422. The molecule has 2 heterocycles. The van der Waals surface area contributed by atoms with Crippen LogP contribution >= 0.6 is 11.3 Å². The molecule has 3 aromatic rings. The van der Waals surface area contributed by atoms with E-state index in [9.17, 15) is 19.2 Å². The molecule has 2 aliphatic rings. The summed E-state index contributed by atoms with van der Waals surface area (Å²) in [6.07, 6.45) is 4.07. The largest absolute Gasteiger partial charge is 0.352 e. The summed E-state index contributed by atoms with van der Waals surface area (Å²) in [6.45, 7) is 5.30. The fourth-order valence-electron chi connectivity index (χ4n) is 6.18. The Morgan fingerprint density at radius 3 is 2.58 bits per heavy atom. The number of nitrogens with zero attached hydrogens (tertiary/aromatic N) is 3. The zero-order valence-corrected chi connectivity index (χ0v) is 27.0.